The molecule has 1 saturated carbocycles. The molecule has 1 aromatic carbocycles. The minimum Gasteiger partial charge on any atom is -0.368 e. The third kappa shape index (κ3) is 3.13. The zero-order valence-corrected chi connectivity index (χ0v) is 14.1. The zero-order chi connectivity index (χ0) is 15.7. The number of anilines is 1. The van der Waals surface area contributed by atoms with E-state index in [0.29, 0.717) is 16.2 Å². The number of halogens is 2. The Morgan fingerprint density at radius 2 is 1.82 bits per heavy atom. The number of carbonyl (C=O) groups excluding carboxylic acids is 1. The van der Waals surface area contributed by atoms with Crippen LogP contribution in [0, 0.1) is 5.82 Å². The molecular weight excluding hydrogens is 349 g/mol. The molecule has 1 aliphatic heterocycles. The van der Waals surface area contributed by atoms with Gasteiger partial charge in [0.15, 0.2) is 0 Å². The third-order valence-corrected chi connectivity index (χ3v) is 5.23. The Balaban J connectivity index is 1.77. The van der Waals surface area contributed by atoms with Crippen LogP contribution in [0.25, 0.3) is 0 Å². The van der Waals surface area contributed by atoms with Gasteiger partial charge in [-0.3, -0.25) is 9.69 Å². The van der Waals surface area contributed by atoms with Crippen LogP contribution in [0.1, 0.15) is 36.0 Å². The predicted octanol–water partition coefficient (Wildman–Crippen LogP) is 2.75. The van der Waals surface area contributed by atoms with Crippen molar-refractivity contribution in [3.8, 4) is 0 Å². The van der Waals surface area contributed by atoms with Crippen molar-refractivity contribution in [2.45, 2.75) is 31.7 Å². The lowest BCUT2D eigenvalue weighted by atomic mass is 10.1. The number of hydrogen-bond acceptors (Lipinski definition) is 3. The third-order valence-electron chi connectivity index (χ3n) is 4.78. The molecular formula is C16H21BrFN3O. The van der Waals surface area contributed by atoms with Crippen LogP contribution in [-0.2, 0) is 0 Å². The molecule has 4 nitrogen and oxygen atoms in total. The van der Waals surface area contributed by atoms with Crippen molar-refractivity contribution in [1.82, 2.24) is 4.90 Å². The summed E-state index contributed by atoms with van der Waals surface area (Å²) in [7, 11) is 0. The van der Waals surface area contributed by atoms with Crippen LogP contribution in [0.15, 0.2) is 16.6 Å². The van der Waals surface area contributed by atoms with Gasteiger partial charge in [0.1, 0.15) is 5.82 Å². The van der Waals surface area contributed by atoms with Gasteiger partial charge in [-0.1, -0.05) is 28.8 Å². The molecule has 0 atom stereocenters. The molecule has 6 heteroatoms. The van der Waals surface area contributed by atoms with Crippen LogP contribution >= 0.6 is 15.9 Å². The number of benzene rings is 1. The molecule has 2 N–H and O–H groups in total. The number of rotatable bonds is 3. The Kier molecular flexibility index (Phi) is 4.68. The first-order valence-electron chi connectivity index (χ1n) is 7.84. The van der Waals surface area contributed by atoms with Crippen LogP contribution < -0.4 is 10.6 Å². The Morgan fingerprint density at radius 3 is 2.41 bits per heavy atom. The van der Waals surface area contributed by atoms with Crippen molar-refractivity contribution in [2.24, 2.45) is 5.73 Å². The molecule has 1 saturated heterocycles. The number of primary amides is 1. The van der Waals surface area contributed by atoms with Gasteiger partial charge in [0.05, 0.1) is 11.3 Å². The molecule has 0 unspecified atom stereocenters. The molecule has 0 spiro atoms. The highest BCUT2D eigenvalue weighted by molar-refractivity contribution is 9.10. The summed E-state index contributed by atoms with van der Waals surface area (Å²) in [5.74, 6) is -1.27. The van der Waals surface area contributed by atoms with Gasteiger partial charge in [-0.25, -0.2) is 4.39 Å². The molecule has 3 rings (SSSR count). The monoisotopic (exact) mass is 369 g/mol. The van der Waals surface area contributed by atoms with Gasteiger partial charge in [0, 0.05) is 36.7 Å². The summed E-state index contributed by atoms with van der Waals surface area (Å²) >= 11 is 3.30. The minimum atomic E-state index is -0.710. The van der Waals surface area contributed by atoms with E-state index in [4.69, 9.17) is 5.73 Å². The average Bonchev–Trinajstić information content (AvgIpc) is 3.00. The van der Waals surface area contributed by atoms with Gasteiger partial charge in [-0.15, -0.1) is 0 Å². The van der Waals surface area contributed by atoms with E-state index in [0.717, 1.165) is 26.2 Å². The van der Waals surface area contributed by atoms with E-state index in [2.05, 4.69) is 25.7 Å². The summed E-state index contributed by atoms with van der Waals surface area (Å²) in [5.41, 5.74) is 5.97. The van der Waals surface area contributed by atoms with E-state index in [1.165, 1.54) is 31.7 Å². The number of amides is 1. The van der Waals surface area contributed by atoms with Gasteiger partial charge in [-0.05, 0) is 25.0 Å². The molecule has 0 bridgehead atoms. The van der Waals surface area contributed by atoms with Gasteiger partial charge >= 0.3 is 0 Å². The Labute approximate surface area is 138 Å². The molecule has 2 fully saturated rings. The van der Waals surface area contributed by atoms with E-state index in [9.17, 15) is 9.18 Å². The van der Waals surface area contributed by atoms with Crippen LogP contribution in [0.2, 0.25) is 0 Å². The Bertz CT molecular complexity index is 567. The van der Waals surface area contributed by atoms with Gasteiger partial charge in [-0.2, -0.15) is 0 Å². The SMILES string of the molecule is NC(=O)c1c(F)cc(Br)cc1N1CCN(C2CCCC2)CC1. The maximum Gasteiger partial charge on any atom is 0.253 e. The number of nitrogens with zero attached hydrogens (tertiary/aromatic N) is 2. The number of nitrogens with two attached hydrogens (primary N) is 1. The second-order valence-corrected chi connectivity index (χ2v) is 7.02. The highest BCUT2D eigenvalue weighted by Gasteiger charge is 2.28. The van der Waals surface area contributed by atoms with Crippen LogP contribution in [-0.4, -0.2) is 43.0 Å². The minimum absolute atomic E-state index is 0.00230. The molecule has 1 aromatic rings. The first kappa shape index (κ1) is 15.7. The average molecular weight is 370 g/mol. The summed E-state index contributed by atoms with van der Waals surface area (Å²) < 4.78 is 14.7. The molecule has 1 amide bonds. The van der Waals surface area contributed by atoms with Gasteiger partial charge in [0.2, 0.25) is 0 Å². The van der Waals surface area contributed by atoms with Crippen molar-refractivity contribution in [2.75, 3.05) is 31.1 Å². The Morgan fingerprint density at radius 1 is 1.18 bits per heavy atom. The fourth-order valence-electron chi connectivity index (χ4n) is 3.65. The van der Waals surface area contributed by atoms with E-state index in [1.807, 2.05) is 0 Å². The van der Waals surface area contributed by atoms with Crippen LogP contribution in [0.3, 0.4) is 0 Å². The topological polar surface area (TPSA) is 49.6 Å². The maximum absolute atomic E-state index is 14.1. The van der Waals surface area contributed by atoms with Gasteiger partial charge < -0.3 is 10.6 Å². The quantitative estimate of drug-likeness (QED) is 0.890. The largest absolute Gasteiger partial charge is 0.368 e. The second kappa shape index (κ2) is 6.54. The summed E-state index contributed by atoms with van der Waals surface area (Å²) in [6, 6.07) is 3.78. The fourth-order valence-corrected chi connectivity index (χ4v) is 4.07. The van der Waals surface area contributed by atoms with Crippen molar-refractivity contribution in [3.63, 3.8) is 0 Å². The second-order valence-electron chi connectivity index (χ2n) is 6.11. The molecule has 0 aromatic heterocycles. The summed E-state index contributed by atoms with van der Waals surface area (Å²) in [6.45, 7) is 3.51. The molecule has 120 valence electrons. The smallest absolute Gasteiger partial charge is 0.253 e. The lowest BCUT2D eigenvalue weighted by Crippen LogP contribution is -2.50. The Hall–Kier alpha value is -1.14. The van der Waals surface area contributed by atoms with Crippen molar-refractivity contribution in [1.29, 1.82) is 0 Å². The first-order chi connectivity index (χ1) is 10.6. The summed E-state index contributed by atoms with van der Waals surface area (Å²) in [6.07, 6.45) is 5.23. The highest BCUT2D eigenvalue weighted by Crippen LogP contribution is 2.30. The summed E-state index contributed by atoms with van der Waals surface area (Å²) in [5, 5.41) is 0. The van der Waals surface area contributed by atoms with E-state index in [1.54, 1.807) is 6.07 Å². The fraction of sp³-hybridized carbons (Fsp3) is 0.562. The van der Waals surface area contributed by atoms with Gasteiger partial charge in [0.25, 0.3) is 5.91 Å². The number of hydrogen-bond donors (Lipinski definition) is 1. The number of carbonyl (C=O) groups is 1. The van der Waals surface area contributed by atoms with Crippen molar-refractivity contribution in [3.05, 3.63) is 28.0 Å². The molecule has 22 heavy (non-hydrogen) atoms. The standard InChI is InChI=1S/C16H21BrFN3O/c17-11-9-13(18)15(16(19)22)14(10-11)21-7-5-20(6-8-21)12-3-1-2-4-12/h9-10,12H,1-8H2,(H2,19,22). The maximum atomic E-state index is 14.1. The molecule has 2 aliphatic rings. The normalized spacial score (nSPS) is 20.5. The van der Waals surface area contributed by atoms with Crippen molar-refractivity contribution >= 4 is 27.5 Å². The van der Waals surface area contributed by atoms with Crippen molar-refractivity contribution < 1.29 is 9.18 Å². The predicted molar refractivity (Wildman–Crippen MR) is 88.7 cm³/mol. The first-order valence-corrected chi connectivity index (χ1v) is 8.63. The van der Waals surface area contributed by atoms with Crippen LogP contribution in [0.4, 0.5) is 10.1 Å². The molecule has 0 radical (unpaired) electrons. The number of piperazine rings is 1. The van der Waals surface area contributed by atoms with E-state index < -0.39 is 11.7 Å². The van der Waals surface area contributed by atoms with E-state index in [-0.39, 0.29) is 5.56 Å². The van der Waals surface area contributed by atoms with Crippen LogP contribution in [0.5, 0.6) is 0 Å². The summed E-state index contributed by atoms with van der Waals surface area (Å²) in [4.78, 5) is 16.2. The highest BCUT2D eigenvalue weighted by atomic mass is 79.9. The molecule has 1 aliphatic carbocycles. The lowest BCUT2D eigenvalue weighted by Gasteiger charge is -2.39. The zero-order valence-electron chi connectivity index (χ0n) is 12.5. The van der Waals surface area contributed by atoms with E-state index >= 15 is 0 Å². The molecule has 1 heterocycles. The lowest BCUT2D eigenvalue weighted by molar-refractivity contribution is 0.0996.